The maximum atomic E-state index is 4.78. The molecule has 0 aliphatic rings. The van der Waals surface area contributed by atoms with Crippen molar-refractivity contribution < 1.29 is 4.84 Å². The summed E-state index contributed by atoms with van der Waals surface area (Å²) >= 11 is 3.11. The third-order valence-electron chi connectivity index (χ3n) is 1.23. The van der Waals surface area contributed by atoms with Crippen LogP contribution in [-0.4, -0.2) is 5.52 Å². The Morgan fingerprint density at radius 2 is 2.00 bits per heavy atom. The van der Waals surface area contributed by atoms with Gasteiger partial charge < -0.3 is 0 Å². The smallest absolute Gasteiger partial charge is 0.125 e. The molecule has 0 amide bonds. The van der Waals surface area contributed by atoms with Crippen molar-refractivity contribution in [3.05, 3.63) is 35.9 Å². The largest absolute Gasteiger partial charge is 0.270 e. The molecule has 0 atom stereocenters. The first-order valence-electron chi connectivity index (χ1n) is 3.32. The average Bonchev–Trinajstić information content (AvgIpc) is 2.07. The molecule has 0 bridgehead atoms. The summed E-state index contributed by atoms with van der Waals surface area (Å²) in [6, 6.07) is 9.98. The topological polar surface area (TPSA) is 23.3 Å². The molecule has 0 aromatic heterocycles. The summed E-state index contributed by atoms with van der Waals surface area (Å²) in [7, 11) is 0. The first kappa shape index (κ1) is 8.71. The number of halogens is 1. The van der Waals surface area contributed by atoms with Crippen LogP contribution in [0.2, 0.25) is 0 Å². The van der Waals surface area contributed by atoms with Crippen LogP contribution in [0.5, 0.6) is 0 Å². The normalized spacial score (nSPS) is 9.91. The molecule has 59 valence electrons. The SMILES string of the molecule is BrCO[N]Cc1ccccc1. The van der Waals surface area contributed by atoms with Crippen LogP contribution in [0.1, 0.15) is 5.56 Å². The minimum absolute atomic E-state index is 0.458. The molecule has 1 aromatic rings. The maximum absolute atomic E-state index is 4.78. The third-order valence-corrected chi connectivity index (χ3v) is 1.43. The fourth-order valence-corrected chi connectivity index (χ4v) is 0.883. The highest BCUT2D eigenvalue weighted by Gasteiger charge is 1.90. The van der Waals surface area contributed by atoms with Gasteiger partial charge in [0.25, 0.3) is 0 Å². The predicted octanol–water partition coefficient (Wildman–Crippen LogP) is 2.08. The standard InChI is InChI=1S/C8H9BrNO/c9-7-11-10-6-8-4-2-1-3-5-8/h1-5H,6-7H2. The van der Waals surface area contributed by atoms with E-state index in [1.54, 1.807) is 0 Å². The highest BCUT2D eigenvalue weighted by Crippen LogP contribution is 1.97. The molecule has 11 heavy (non-hydrogen) atoms. The van der Waals surface area contributed by atoms with Crippen LogP contribution in [0.4, 0.5) is 0 Å². The Kier molecular flexibility index (Phi) is 4.19. The molecular formula is C8H9BrNO. The lowest BCUT2D eigenvalue weighted by molar-refractivity contribution is 0.0674. The van der Waals surface area contributed by atoms with E-state index < -0.39 is 0 Å². The van der Waals surface area contributed by atoms with E-state index in [0.29, 0.717) is 12.1 Å². The van der Waals surface area contributed by atoms with E-state index in [-0.39, 0.29) is 0 Å². The van der Waals surface area contributed by atoms with Gasteiger partial charge in [-0.3, -0.25) is 4.84 Å². The zero-order valence-corrected chi connectivity index (χ0v) is 7.62. The molecule has 0 heterocycles. The van der Waals surface area contributed by atoms with Crippen molar-refractivity contribution in [3.63, 3.8) is 0 Å². The fourth-order valence-electron chi connectivity index (χ4n) is 0.738. The molecule has 3 heteroatoms. The molecule has 0 aliphatic heterocycles. The lowest BCUT2D eigenvalue weighted by Gasteiger charge is -1.98. The van der Waals surface area contributed by atoms with Crippen molar-refractivity contribution in [2.24, 2.45) is 0 Å². The van der Waals surface area contributed by atoms with Crippen LogP contribution in [0.25, 0.3) is 0 Å². The van der Waals surface area contributed by atoms with Crippen LogP contribution in [-0.2, 0) is 11.4 Å². The van der Waals surface area contributed by atoms with Gasteiger partial charge in [0.2, 0.25) is 0 Å². The van der Waals surface area contributed by atoms with E-state index in [9.17, 15) is 0 Å². The number of nitrogens with zero attached hydrogens (tertiary/aromatic N) is 1. The molecule has 0 fully saturated rings. The van der Waals surface area contributed by atoms with E-state index in [1.807, 2.05) is 30.3 Å². The van der Waals surface area contributed by atoms with Gasteiger partial charge in [-0.25, -0.2) is 0 Å². The minimum Gasteiger partial charge on any atom is -0.270 e. The van der Waals surface area contributed by atoms with E-state index in [4.69, 9.17) is 4.84 Å². The Labute approximate surface area is 74.6 Å². The summed E-state index contributed by atoms with van der Waals surface area (Å²) < 4.78 is 0. The fraction of sp³-hybridized carbons (Fsp3) is 0.250. The summed E-state index contributed by atoms with van der Waals surface area (Å²) in [6.45, 7) is 0.617. The second-order valence-corrected chi connectivity index (χ2v) is 2.47. The molecule has 0 unspecified atom stereocenters. The highest BCUT2D eigenvalue weighted by atomic mass is 79.9. The number of hydrogen-bond donors (Lipinski definition) is 0. The van der Waals surface area contributed by atoms with Crippen LogP contribution in [0.15, 0.2) is 30.3 Å². The first-order valence-corrected chi connectivity index (χ1v) is 4.44. The second kappa shape index (κ2) is 5.29. The molecule has 1 aromatic carbocycles. The molecule has 0 N–H and O–H groups in total. The van der Waals surface area contributed by atoms with Crippen molar-refractivity contribution in [2.75, 3.05) is 5.52 Å². The van der Waals surface area contributed by atoms with Gasteiger partial charge in [0.05, 0.1) is 6.54 Å². The van der Waals surface area contributed by atoms with Crippen LogP contribution in [0.3, 0.4) is 0 Å². The summed E-state index contributed by atoms with van der Waals surface area (Å²) in [4.78, 5) is 4.78. The summed E-state index contributed by atoms with van der Waals surface area (Å²) in [5.74, 6) is 0. The quantitative estimate of drug-likeness (QED) is 0.428. The van der Waals surface area contributed by atoms with Crippen LogP contribution < -0.4 is 5.48 Å². The van der Waals surface area contributed by atoms with Crippen LogP contribution in [0, 0.1) is 0 Å². The van der Waals surface area contributed by atoms with Gasteiger partial charge in [0, 0.05) is 0 Å². The number of rotatable bonds is 4. The monoisotopic (exact) mass is 214 g/mol. The van der Waals surface area contributed by atoms with Crippen molar-refractivity contribution in [1.29, 1.82) is 0 Å². The number of alkyl halides is 1. The number of hydroxylamine groups is 1. The predicted molar refractivity (Wildman–Crippen MR) is 47.2 cm³/mol. The lowest BCUT2D eigenvalue weighted by atomic mass is 10.2. The van der Waals surface area contributed by atoms with Gasteiger partial charge in [0.1, 0.15) is 5.52 Å². The van der Waals surface area contributed by atoms with E-state index >= 15 is 0 Å². The molecule has 1 radical (unpaired) electrons. The van der Waals surface area contributed by atoms with Gasteiger partial charge in [-0.15, -0.1) is 0 Å². The van der Waals surface area contributed by atoms with Crippen molar-refractivity contribution in [1.82, 2.24) is 5.48 Å². The van der Waals surface area contributed by atoms with E-state index in [0.717, 1.165) is 5.56 Å². The second-order valence-electron chi connectivity index (χ2n) is 2.01. The highest BCUT2D eigenvalue weighted by molar-refractivity contribution is 9.09. The van der Waals surface area contributed by atoms with Crippen LogP contribution >= 0.6 is 15.9 Å². The third kappa shape index (κ3) is 3.51. The van der Waals surface area contributed by atoms with Gasteiger partial charge in [-0.05, 0) is 5.56 Å². The molecule has 0 saturated heterocycles. The maximum Gasteiger partial charge on any atom is 0.125 e. The van der Waals surface area contributed by atoms with Crippen molar-refractivity contribution >= 4 is 15.9 Å². The Bertz CT molecular complexity index is 191. The first-order chi connectivity index (χ1) is 5.43. The Hall–Kier alpha value is -0.380. The van der Waals surface area contributed by atoms with Crippen molar-refractivity contribution in [3.8, 4) is 0 Å². The van der Waals surface area contributed by atoms with Gasteiger partial charge >= 0.3 is 0 Å². The summed E-state index contributed by atoms with van der Waals surface area (Å²) in [6.07, 6.45) is 0. The summed E-state index contributed by atoms with van der Waals surface area (Å²) in [5.41, 5.74) is 5.43. The average molecular weight is 215 g/mol. The lowest BCUT2D eigenvalue weighted by Crippen LogP contribution is -2.03. The number of hydrogen-bond acceptors (Lipinski definition) is 1. The summed E-state index contributed by atoms with van der Waals surface area (Å²) in [5, 5.41) is 0. The molecule has 1 rings (SSSR count). The van der Waals surface area contributed by atoms with Gasteiger partial charge in [0.15, 0.2) is 0 Å². The van der Waals surface area contributed by atoms with E-state index in [2.05, 4.69) is 21.4 Å². The molecule has 2 nitrogen and oxygen atoms in total. The Morgan fingerprint density at radius 1 is 1.27 bits per heavy atom. The van der Waals surface area contributed by atoms with Crippen molar-refractivity contribution in [2.45, 2.75) is 6.54 Å². The minimum atomic E-state index is 0.458. The Balaban J connectivity index is 2.28. The zero-order valence-electron chi connectivity index (χ0n) is 6.03. The molecule has 0 saturated carbocycles. The van der Waals surface area contributed by atoms with E-state index in [1.165, 1.54) is 0 Å². The molecule has 0 spiro atoms. The molecular weight excluding hydrogens is 206 g/mol. The van der Waals surface area contributed by atoms with Gasteiger partial charge in [-0.2, -0.15) is 0 Å². The van der Waals surface area contributed by atoms with Gasteiger partial charge in [-0.1, -0.05) is 51.7 Å². The zero-order chi connectivity index (χ0) is 7.94. The Morgan fingerprint density at radius 3 is 2.64 bits per heavy atom. The number of benzene rings is 1. The molecule has 0 aliphatic carbocycles.